The topological polar surface area (TPSA) is 70.6 Å². The minimum absolute atomic E-state index is 0.0623. The number of carbonyl (C=O) groups excluding carboxylic acids is 1. The summed E-state index contributed by atoms with van der Waals surface area (Å²) >= 11 is 0. The molecule has 0 aromatic heterocycles. The standard InChI is InChI=1S/C15H30N2O3/c1-2-9-17-15(19)8-10-16-11-13(18)12-20-14-6-4-3-5-7-14/h13-14,16,18H,2-12H2,1H3,(H,17,19). The largest absolute Gasteiger partial charge is 0.389 e. The number of rotatable bonds is 10. The highest BCUT2D eigenvalue weighted by molar-refractivity contribution is 5.75. The maximum Gasteiger partial charge on any atom is 0.221 e. The predicted molar refractivity (Wildman–Crippen MR) is 79.6 cm³/mol. The molecule has 0 spiro atoms. The van der Waals surface area contributed by atoms with E-state index in [0.29, 0.717) is 32.2 Å². The second-order valence-corrected chi connectivity index (χ2v) is 5.55. The van der Waals surface area contributed by atoms with Crippen molar-refractivity contribution in [2.45, 2.75) is 64.1 Å². The summed E-state index contributed by atoms with van der Waals surface area (Å²) in [6, 6.07) is 0. The van der Waals surface area contributed by atoms with Crippen molar-refractivity contribution >= 4 is 5.91 Å². The Bertz CT molecular complexity index is 256. The lowest BCUT2D eigenvalue weighted by atomic mass is 9.98. The van der Waals surface area contributed by atoms with E-state index in [-0.39, 0.29) is 5.91 Å². The number of carbonyl (C=O) groups is 1. The molecule has 0 saturated heterocycles. The van der Waals surface area contributed by atoms with Crippen LogP contribution in [0.3, 0.4) is 0 Å². The Labute approximate surface area is 122 Å². The molecule has 0 aromatic rings. The van der Waals surface area contributed by atoms with E-state index in [1.54, 1.807) is 0 Å². The van der Waals surface area contributed by atoms with Gasteiger partial charge in [-0.05, 0) is 19.3 Å². The summed E-state index contributed by atoms with van der Waals surface area (Å²) in [5, 5.41) is 15.7. The number of nitrogens with one attached hydrogen (secondary N) is 2. The van der Waals surface area contributed by atoms with Gasteiger partial charge in [0, 0.05) is 26.1 Å². The molecular formula is C15H30N2O3. The highest BCUT2D eigenvalue weighted by Crippen LogP contribution is 2.20. The molecule has 5 nitrogen and oxygen atoms in total. The van der Waals surface area contributed by atoms with Gasteiger partial charge in [-0.25, -0.2) is 0 Å². The van der Waals surface area contributed by atoms with Gasteiger partial charge in [0.05, 0.1) is 18.8 Å². The molecule has 1 amide bonds. The lowest BCUT2D eigenvalue weighted by Gasteiger charge is -2.23. The van der Waals surface area contributed by atoms with Crippen molar-refractivity contribution in [3.63, 3.8) is 0 Å². The molecule has 0 aliphatic heterocycles. The molecule has 1 atom stereocenters. The van der Waals surface area contributed by atoms with Gasteiger partial charge in [-0.2, -0.15) is 0 Å². The van der Waals surface area contributed by atoms with Crippen LogP contribution in [0.5, 0.6) is 0 Å². The van der Waals surface area contributed by atoms with E-state index in [2.05, 4.69) is 10.6 Å². The number of hydrogen-bond donors (Lipinski definition) is 3. The molecule has 118 valence electrons. The van der Waals surface area contributed by atoms with E-state index in [1.165, 1.54) is 19.3 Å². The molecule has 1 unspecified atom stereocenters. The number of aliphatic hydroxyl groups excluding tert-OH is 1. The summed E-state index contributed by atoms with van der Waals surface area (Å²) in [5.41, 5.74) is 0. The van der Waals surface area contributed by atoms with Gasteiger partial charge in [-0.3, -0.25) is 4.79 Å². The van der Waals surface area contributed by atoms with Crippen LogP contribution in [0.1, 0.15) is 51.9 Å². The third-order valence-corrected chi connectivity index (χ3v) is 3.56. The highest BCUT2D eigenvalue weighted by Gasteiger charge is 2.15. The van der Waals surface area contributed by atoms with E-state index in [1.807, 2.05) is 6.92 Å². The van der Waals surface area contributed by atoms with Gasteiger partial charge >= 0.3 is 0 Å². The maximum absolute atomic E-state index is 11.3. The smallest absolute Gasteiger partial charge is 0.221 e. The van der Waals surface area contributed by atoms with Gasteiger partial charge in [0.1, 0.15) is 0 Å². The fourth-order valence-corrected chi connectivity index (χ4v) is 2.36. The molecule has 1 rings (SSSR count). The van der Waals surface area contributed by atoms with Crippen LogP contribution in [0.4, 0.5) is 0 Å². The molecule has 0 bridgehead atoms. The zero-order chi connectivity index (χ0) is 14.6. The van der Waals surface area contributed by atoms with Crippen LogP contribution in [0.25, 0.3) is 0 Å². The number of ether oxygens (including phenoxy) is 1. The van der Waals surface area contributed by atoms with Gasteiger partial charge in [-0.1, -0.05) is 26.2 Å². The predicted octanol–water partition coefficient (Wildman–Crippen LogP) is 1.20. The zero-order valence-corrected chi connectivity index (χ0v) is 12.7. The minimum atomic E-state index is -0.490. The van der Waals surface area contributed by atoms with E-state index in [4.69, 9.17) is 4.74 Å². The average Bonchev–Trinajstić information content (AvgIpc) is 2.48. The van der Waals surface area contributed by atoms with Crippen molar-refractivity contribution in [2.75, 3.05) is 26.2 Å². The Morgan fingerprint density at radius 1 is 1.30 bits per heavy atom. The van der Waals surface area contributed by atoms with Crippen LogP contribution >= 0.6 is 0 Å². The van der Waals surface area contributed by atoms with Crippen molar-refractivity contribution in [1.82, 2.24) is 10.6 Å². The summed E-state index contributed by atoms with van der Waals surface area (Å²) in [5.74, 6) is 0.0623. The van der Waals surface area contributed by atoms with Crippen LogP contribution in [0, 0.1) is 0 Å². The first-order valence-corrected chi connectivity index (χ1v) is 7.99. The summed E-state index contributed by atoms with van der Waals surface area (Å²) < 4.78 is 5.71. The zero-order valence-electron chi connectivity index (χ0n) is 12.7. The first-order valence-electron chi connectivity index (χ1n) is 7.99. The van der Waals surface area contributed by atoms with Crippen LogP contribution < -0.4 is 10.6 Å². The number of amides is 1. The second kappa shape index (κ2) is 11.1. The third-order valence-electron chi connectivity index (χ3n) is 3.56. The van der Waals surface area contributed by atoms with E-state index < -0.39 is 6.10 Å². The molecule has 0 aromatic carbocycles. The first-order chi connectivity index (χ1) is 9.72. The van der Waals surface area contributed by atoms with Crippen molar-refractivity contribution in [3.8, 4) is 0 Å². The maximum atomic E-state index is 11.3. The van der Waals surface area contributed by atoms with Crippen molar-refractivity contribution in [2.24, 2.45) is 0 Å². The fraction of sp³-hybridized carbons (Fsp3) is 0.933. The molecular weight excluding hydrogens is 256 g/mol. The summed E-state index contributed by atoms with van der Waals surface area (Å²) in [7, 11) is 0. The average molecular weight is 286 g/mol. The van der Waals surface area contributed by atoms with Gasteiger partial charge in [0.15, 0.2) is 0 Å². The molecule has 0 radical (unpaired) electrons. The second-order valence-electron chi connectivity index (χ2n) is 5.55. The molecule has 20 heavy (non-hydrogen) atoms. The van der Waals surface area contributed by atoms with E-state index in [0.717, 1.165) is 25.8 Å². The lowest BCUT2D eigenvalue weighted by molar-refractivity contribution is -0.121. The molecule has 1 saturated carbocycles. The highest BCUT2D eigenvalue weighted by atomic mass is 16.5. The normalized spacial score (nSPS) is 17.9. The van der Waals surface area contributed by atoms with Crippen LogP contribution in [-0.2, 0) is 9.53 Å². The summed E-state index contributed by atoms with van der Waals surface area (Å²) in [6.07, 6.45) is 7.29. The molecule has 1 fully saturated rings. The molecule has 1 aliphatic rings. The van der Waals surface area contributed by atoms with E-state index in [9.17, 15) is 9.90 Å². The summed E-state index contributed by atoms with van der Waals surface area (Å²) in [6.45, 7) is 4.22. The molecule has 5 heteroatoms. The number of hydrogen-bond acceptors (Lipinski definition) is 4. The SMILES string of the molecule is CCCNC(=O)CCNCC(O)COC1CCCCC1. The van der Waals surface area contributed by atoms with Gasteiger partial charge < -0.3 is 20.5 Å². The minimum Gasteiger partial charge on any atom is -0.389 e. The van der Waals surface area contributed by atoms with Crippen molar-refractivity contribution < 1.29 is 14.6 Å². The van der Waals surface area contributed by atoms with Gasteiger partial charge in [-0.15, -0.1) is 0 Å². The monoisotopic (exact) mass is 286 g/mol. The van der Waals surface area contributed by atoms with Gasteiger partial charge in [0.2, 0.25) is 5.91 Å². The van der Waals surface area contributed by atoms with Crippen LogP contribution in [0.15, 0.2) is 0 Å². The molecule has 3 N–H and O–H groups in total. The number of aliphatic hydroxyl groups is 1. The third kappa shape index (κ3) is 8.51. The van der Waals surface area contributed by atoms with Crippen molar-refractivity contribution in [1.29, 1.82) is 0 Å². The van der Waals surface area contributed by atoms with E-state index >= 15 is 0 Å². The first kappa shape index (κ1) is 17.4. The fourth-order valence-electron chi connectivity index (χ4n) is 2.36. The quantitative estimate of drug-likeness (QED) is 0.528. The Morgan fingerprint density at radius 2 is 2.05 bits per heavy atom. The Morgan fingerprint density at radius 3 is 2.75 bits per heavy atom. The molecule has 0 heterocycles. The Hall–Kier alpha value is -0.650. The van der Waals surface area contributed by atoms with Crippen LogP contribution in [0.2, 0.25) is 0 Å². The van der Waals surface area contributed by atoms with Gasteiger partial charge in [0.25, 0.3) is 0 Å². The van der Waals surface area contributed by atoms with Crippen molar-refractivity contribution in [3.05, 3.63) is 0 Å². The lowest BCUT2D eigenvalue weighted by Crippen LogP contribution is -2.35. The summed E-state index contributed by atoms with van der Waals surface area (Å²) in [4.78, 5) is 11.3. The molecule has 1 aliphatic carbocycles. The van der Waals surface area contributed by atoms with Crippen LogP contribution in [-0.4, -0.2) is 49.5 Å². The Kier molecular flexibility index (Phi) is 9.62. The Balaban J connectivity index is 1.94.